The molecule has 0 aromatic heterocycles. The van der Waals surface area contributed by atoms with Gasteiger partial charge in [0.2, 0.25) is 0 Å². The molecule has 0 heterocycles. The smallest absolute Gasteiger partial charge is 0.264 e. The van der Waals surface area contributed by atoms with Gasteiger partial charge in [0.15, 0.2) is 0 Å². The maximum Gasteiger partial charge on any atom is 0.264 e. The number of rotatable bonds is 17. The summed E-state index contributed by atoms with van der Waals surface area (Å²) in [6, 6.07) is 0. The van der Waals surface area contributed by atoms with E-state index in [1.165, 1.54) is 83.5 Å². The fraction of sp³-hybridized carbons (Fsp3) is 1.00. The molecular formula is C18H42NO3S+. The maximum absolute atomic E-state index is 10.5. The molecule has 0 saturated carbocycles. The van der Waals surface area contributed by atoms with Gasteiger partial charge in [-0.1, -0.05) is 103 Å². The molecule has 5 heteroatoms. The summed E-state index contributed by atoms with van der Waals surface area (Å²) in [6.07, 6.45) is 20.3. The van der Waals surface area contributed by atoms with Gasteiger partial charge in [0.1, 0.15) is 0 Å². The monoisotopic (exact) mass is 352 g/mol. The number of hydrogen-bond acceptors (Lipinski definition) is 2. The predicted octanol–water partition coefficient (Wildman–Crippen LogP) is 6.51. The van der Waals surface area contributed by atoms with Crippen molar-refractivity contribution < 1.29 is 13.0 Å². The van der Waals surface area contributed by atoms with Crippen molar-refractivity contribution in [1.29, 1.82) is 0 Å². The lowest BCUT2D eigenvalue weighted by Crippen LogP contribution is -2.03. The zero-order valence-electron chi connectivity index (χ0n) is 15.7. The first kappa shape index (κ1) is 25.1. The summed E-state index contributed by atoms with van der Waals surface area (Å²) in [5.74, 6) is -0.0779. The molecule has 0 aliphatic rings. The van der Waals surface area contributed by atoms with Gasteiger partial charge in [0, 0.05) is 0 Å². The van der Waals surface area contributed by atoms with E-state index in [0.29, 0.717) is 6.42 Å². The number of unbranched alkanes of at least 4 members (excludes halogenated alkanes) is 15. The summed E-state index contributed by atoms with van der Waals surface area (Å²) in [6.45, 7) is 2.26. The topological polar surface area (TPSA) is 90.9 Å². The lowest BCUT2D eigenvalue weighted by molar-refractivity contribution is 0.478. The molecule has 0 spiro atoms. The van der Waals surface area contributed by atoms with Crippen molar-refractivity contribution in [2.24, 2.45) is 0 Å². The Bertz CT molecular complexity index is 318. The van der Waals surface area contributed by atoms with E-state index in [2.05, 4.69) is 6.92 Å². The Morgan fingerprint density at radius 2 is 0.826 bits per heavy atom. The number of quaternary nitrogens is 1. The van der Waals surface area contributed by atoms with Crippen molar-refractivity contribution in [2.45, 2.75) is 110 Å². The van der Waals surface area contributed by atoms with Gasteiger partial charge in [0.05, 0.1) is 5.75 Å². The minimum atomic E-state index is -3.74. The van der Waals surface area contributed by atoms with E-state index < -0.39 is 10.1 Å². The summed E-state index contributed by atoms with van der Waals surface area (Å²) in [5, 5.41) is 0. The Kier molecular flexibility index (Phi) is 19.9. The Morgan fingerprint density at radius 3 is 1.09 bits per heavy atom. The highest BCUT2D eigenvalue weighted by Gasteiger charge is 2.02. The molecule has 0 fully saturated rings. The normalized spacial score (nSPS) is 11.4. The maximum atomic E-state index is 10.5. The van der Waals surface area contributed by atoms with E-state index >= 15 is 0 Å². The second kappa shape index (κ2) is 18.2. The molecule has 0 atom stereocenters. The van der Waals surface area contributed by atoms with E-state index in [-0.39, 0.29) is 11.9 Å². The first-order chi connectivity index (χ1) is 10.6. The summed E-state index contributed by atoms with van der Waals surface area (Å²) in [4.78, 5) is 0. The standard InChI is InChI=1S/C18H38O3S.H3N/c1-2-3-4-5-6-7-8-9-10-11-12-13-14-15-16-17-18-22(19,20)21;/h2-18H2,1H3,(H,19,20,21);1H3/p+1. The molecule has 0 aliphatic heterocycles. The van der Waals surface area contributed by atoms with Crippen molar-refractivity contribution in [3.05, 3.63) is 0 Å². The Hall–Kier alpha value is -0.130. The van der Waals surface area contributed by atoms with E-state index in [0.717, 1.165) is 12.8 Å². The lowest BCUT2D eigenvalue weighted by Gasteiger charge is -2.03. The molecule has 0 aromatic rings. The molecule has 0 amide bonds. The average molecular weight is 353 g/mol. The molecule has 0 aliphatic carbocycles. The molecule has 0 unspecified atom stereocenters. The van der Waals surface area contributed by atoms with Gasteiger partial charge in [-0.15, -0.1) is 0 Å². The highest BCUT2D eigenvalue weighted by molar-refractivity contribution is 7.85. The first-order valence-corrected chi connectivity index (χ1v) is 11.1. The third-order valence-electron chi connectivity index (χ3n) is 4.26. The van der Waals surface area contributed by atoms with Gasteiger partial charge in [-0.25, -0.2) is 0 Å². The molecular weight excluding hydrogens is 310 g/mol. The van der Waals surface area contributed by atoms with Crippen LogP contribution in [-0.2, 0) is 10.1 Å². The van der Waals surface area contributed by atoms with Gasteiger partial charge in [-0.05, 0) is 6.42 Å². The van der Waals surface area contributed by atoms with Crippen LogP contribution in [0.15, 0.2) is 0 Å². The quantitative estimate of drug-likeness (QED) is 0.231. The number of hydrogen-bond donors (Lipinski definition) is 2. The molecule has 0 radical (unpaired) electrons. The molecule has 4 nitrogen and oxygen atoms in total. The van der Waals surface area contributed by atoms with Crippen LogP contribution < -0.4 is 6.15 Å². The summed E-state index contributed by atoms with van der Waals surface area (Å²) in [7, 11) is -3.74. The van der Waals surface area contributed by atoms with Gasteiger partial charge >= 0.3 is 0 Å². The van der Waals surface area contributed by atoms with Crippen LogP contribution in [0.2, 0.25) is 0 Å². The second-order valence-corrected chi connectivity index (χ2v) is 8.16. The zero-order chi connectivity index (χ0) is 16.5. The molecule has 0 saturated heterocycles. The fourth-order valence-corrected chi connectivity index (χ4v) is 3.40. The largest absolute Gasteiger partial charge is 0.369 e. The SMILES string of the molecule is CCCCCCCCCCCCCCCCCCS(=O)(=O)O.[NH4+]. The van der Waals surface area contributed by atoms with Crippen molar-refractivity contribution >= 4 is 10.1 Å². The Labute approximate surface area is 145 Å². The lowest BCUT2D eigenvalue weighted by atomic mass is 10.0. The minimum Gasteiger partial charge on any atom is -0.369 e. The van der Waals surface area contributed by atoms with Crippen LogP contribution >= 0.6 is 0 Å². The van der Waals surface area contributed by atoms with E-state index in [1.54, 1.807) is 0 Å². The Balaban J connectivity index is 0. The third kappa shape index (κ3) is 24.2. The van der Waals surface area contributed by atoms with Crippen LogP contribution in [0.5, 0.6) is 0 Å². The molecule has 0 aromatic carbocycles. The third-order valence-corrected chi connectivity index (χ3v) is 5.06. The summed E-state index contributed by atoms with van der Waals surface area (Å²) >= 11 is 0. The van der Waals surface area contributed by atoms with Crippen LogP contribution in [0.1, 0.15) is 110 Å². The predicted molar refractivity (Wildman–Crippen MR) is 102 cm³/mol. The molecule has 5 N–H and O–H groups in total. The first-order valence-electron chi connectivity index (χ1n) is 9.51. The van der Waals surface area contributed by atoms with E-state index in [9.17, 15) is 8.42 Å². The summed E-state index contributed by atoms with van der Waals surface area (Å²) in [5.41, 5.74) is 0. The van der Waals surface area contributed by atoms with Crippen molar-refractivity contribution in [2.75, 3.05) is 5.75 Å². The second-order valence-electron chi connectivity index (χ2n) is 6.59. The van der Waals surface area contributed by atoms with Crippen LogP contribution in [0.4, 0.5) is 0 Å². The van der Waals surface area contributed by atoms with Crippen LogP contribution in [-0.4, -0.2) is 18.7 Å². The van der Waals surface area contributed by atoms with Gasteiger partial charge in [-0.2, -0.15) is 8.42 Å². The minimum absolute atomic E-state index is 0. The molecule has 142 valence electrons. The van der Waals surface area contributed by atoms with E-state index in [1.807, 2.05) is 0 Å². The zero-order valence-corrected chi connectivity index (χ0v) is 16.5. The van der Waals surface area contributed by atoms with Gasteiger partial charge in [-0.3, -0.25) is 4.55 Å². The van der Waals surface area contributed by atoms with Crippen molar-refractivity contribution in [3.8, 4) is 0 Å². The van der Waals surface area contributed by atoms with Crippen LogP contribution in [0.25, 0.3) is 0 Å². The van der Waals surface area contributed by atoms with Gasteiger partial charge in [0.25, 0.3) is 10.1 Å². The highest BCUT2D eigenvalue weighted by Crippen LogP contribution is 2.13. The van der Waals surface area contributed by atoms with Crippen LogP contribution in [0.3, 0.4) is 0 Å². The van der Waals surface area contributed by atoms with E-state index in [4.69, 9.17) is 4.55 Å². The molecule has 0 rings (SSSR count). The van der Waals surface area contributed by atoms with Crippen molar-refractivity contribution in [1.82, 2.24) is 6.15 Å². The fourth-order valence-electron chi connectivity index (χ4n) is 2.83. The Morgan fingerprint density at radius 1 is 0.565 bits per heavy atom. The molecule has 23 heavy (non-hydrogen) atoms. The highest BCUT2D eigenvalue weighted by atomic mass is 32.2. The average Bonchev–Trinajstić information content (AvgIpc) is 2.45. The van der Waals surface area contributed by atoms with Gasteiger partial charge < -0.3 is 6.15 Å². The van der Waals surface area contributed by atoms with Crippen molar-refractivity contribution in [3.63, 3.8) is 0 Å². The summed E-state index contributed by atoms with van der Waals surface area (Å²) < 4.78 is 29.7. The van der Waals surface area contributed by atoms with Crippen LogP contribution in [0, 0.1) is 0 Å². The molecule has 0 bridgehead atoms.